The van der Waals surface area contributed by atoms with Crippen molar-refractivity contribution in [3.63, 3.8) is 0 Å². The first kappa shape index (κ1) is 24.7. The average Bonchev–Trinajstić information content (AvgIpc) is 3.37. The van der Waals surface area contributed by atoms with Gasteiger partial charge in [0.2, 0.25) is 0 Å². The normalized spacial score (nSPS) is 23.9. The van der Waals surface area contributed by atoms with E-state index in [0.29, 0.717) is 38.5 Å². The number of ketones is 3. The van der Waals surface area contributed by atoms with Gasteiger partial charge in [0, 0.05) is 60.8 Å². The van der Waals surface area contributed by atoms with Gasteiger partial charge in [0.05, 0.1) is 0 Å². The predicted octanol–water partition coefficient (Wildman–Crippen LogP) is 6.79. The van der Waals surface area contributed by atoms with E-state index in [2.05, 4.69) is 13.8 Å². The van der Waals surface area contributed by atoms with Gasteiger partial charge in [0.25, 0.3) is 0 Å². The zero-order valence-corrected chi connectivity index (χ0v) is 20.8. The third-order valence-electron chi connectivity index (χ3n) is 7.43. The molecule has 0 radical (unpaired) electrons. The minimum Gasteiger partial charge on any atom is -0.465 e. The molecule has 5 heteroatoms. The molecule has 0 fully saturated rings. The van der Waals surface area contributed by atoms with E-state index in [1.54, 1.807) is 12.2 Å². The van der Waals surface area contributed by atoms with Crippen LogP contribution in [0.3, 0.4) is 0 Å². The summed E-state index contributed by atoms with van der Waals surface area (Å²) in [4.78, 5) is 38.1. The van der Waals surface area contributed by atoms with Gasteiger partial charge < -0.3 is 9.47 Å². The topological polar surface area (TPSA) is 69.7 Å². The Morgan fingerprint density at radius 2 is 1.15 bits per heavy atom. The number of unbranched alkanes of at least 4 members (excludes halogenated alkanes) is 6. The van der Waals surface area contributed by atoms with E-state index in [1.165, 1.54) is 0 Å². The molecule has 5 nitrogen and oxygen atoms in total. The number of fused-ring (bicyclic) bond motifs is 2. The van der Waals surface area contributed by atoms with E-state index in [-0.39, 0.29) is 29.2 Å². The first-order valence-corrected chi connectivity index (χ1v) is 13.3. The van der Waals surface area contributed by atoms with Crippen molar-refractivity contribution in [2.24, 2.45) is 11.8 Å². The Labute approximate surface area is 203 Å². The number of ether oxygens (including phenoxy) is 2. The van der Waals surface area contributed by atoms with Gasteiger partial charge in [0.15, 0.2) is 17.3 Å². The molecule has 184 valence electrons. The molecule has 4 rings (SSSR count). The van der Waals surface area contributed by atoms with Crippen LogP contribution in [0.1, 0.15) is 104 Å². The van der Waals surface area contributed by atoms with Gasteiger partial charge in [-0.3, -0.25) is 14.4 Å². The Hall–Kier alpha value is -2.43. The van der Waals surface area contributed by atoms with Crippen LogP contribution in [0, 0.1) is 11.8 Å². The van der Waals surface area contributed by atoms with Gasteiger partial charge in [-0.05, 0) is 25.7 Å². The molecule has 2 heterocycles. The Balaban J connectivity index is 1.60. The van der Waals surface area contributed by atoms with Gasteiger partial charge in [-0.2, -0.15) is 0 Å². The maximum atomic E-state index is 14.0. The molecule has 0 saturated heterocycles. The van der Waals surface area contributed by atoms with Crippen molar-refractivity contribution in [3.8, 4) is 0 Å². The molecule has 0 aromatic rings. The molecular formula is C29H38O5. The molecular weight excluding hydrogens is 428 g/mol. The highest BCUT2D eigenvalue weighted by molar-refractivity contribution is 6.09. The summed E-state index contributed by atoms with van der Waals surface area (Å²) in [6.45, 7) is 4.36. The van der Waals surface area contributed by atoms with Crippen molar-refractivity contribution in [2.75, 3.05) is 0 Å². The van der Waals surface area contributed by atoms with Crippen LogP contribution in [0.2, 0.25) is 0 Å². The second-order valence-corrected chi connectivity index (χ2v) is 10.2. The van der Waals surface area contributed by atoms with Crippen molar-refractivity contribution >= 4 is 17.3 Å². The zero-order valence-electron chi connectivity index (χ0n) is 20.8. The molecule has 0 N–H and O–H groups in total. The average molecular weight is 467 g/mol. The van der Waals surface area contributed by atoms with Crippen molar-refractivity contribution in [1.82, 2.24) is 0 Å². The molecule has 2 unspecified atom stereocenters. The molecule has 4 aliphatic rings. The molecule has 0 aromatic heterocycles. The van der Waals surface area contributed by atoms with E-state index in [9.17, 15) is 14.4 Å². The van der Waals surface area contributed by atoms with Crippen LogP contribution in [-0.2, 0) is 23.9 Å². The highest BCUT2D eigenvalue weighted by Crippen LogP contribution is 2.44. The smallest absolute Gasteiger partial charge is 0.191 e. The molecule has 0 amide bonds. The Bertz CT molecular complexity index is 885. The highest BCUT2D eigenvalue weighted by Gasteiger charge is 2.40. The van der Waals surface area contributed by atoms with E-state index in [4.69, 9.17) is 9.47 Å². The number of rotatable bonds is 12. The minimum atomic E-state index is -0.0347. The molecule has 34 heavy (non-hydrogen) atoms. The first-order chi connectivity index (χ1) is 16.5. The quantitative estimate of drug-likeness (QED) is 0.296. The maximum Gasteiger partial charge on any atom is 0.191 e. The third kappa shape index (κ3) is 5.61. The number of Topliss-reactive ketones (excluding diaryl/α,β-unsaturated/α-hetero) is 1. The molecule has 0 bridgehead atoms. The van der Waals surface area contributed by atoms with Gasteiger partial charge >= 0.3 is 0 Å². The molecule has 0 saturated carbocycles. The van der Waals surface area contributed by atoms with Crippen molar-refractivity contribution in [3.05, 3.63) is 46.3 Å². The fraction of sp³-hybridized carbons (Fsp3) is 0.621. The van der Waals surface area contributed by atoms with Gasteiger partial charge in [-0.1, -0.05) is 52.4 Å². The molecule has 2 atom stereocenters. The lowest BCUT2D eigenvalue weighted by Crippen LogP contribution is -2.24. The number of carbonyl (C=O) groups is 3. The number of hydrogen-bond donors (Lipinski definition) is 0. The van der Waals surface area contributed by atoms with Crippen LogP contribution >= 0.6 is 0 Å². The second kappa shape index (κ2) is 11.3. The van der Waals surface area contributed by atoms with E-state index < -0.39 is 0 Å². The predicted molar refractivity (Wildman–Crippen MR) is 130 cm³/mol. The Kier molecular flexibility index (Phi) is 8.23. The lowest BCUT2D eigenvalue weighted by molar-refractivity contribution is -0.115. The van der Waals surface area contributed by atoms with Crippen LogP contribution < -0.4 is 0 Å². The van der Waals surface area contributed by atoms with Crippen molar-refractivity contribution in [2.45, 2.75) is 104 Å². The fourth-order valence-electron chi connectivity index (χ4n) is 5.51. The summed E-state index contributed by atoms with van der Waals surface area (Å²) in [5, 5.41) is 0. The number of hydrogen-bond acceptors (Lipinski definition) is 5. The summed E-state index contributed by atoms with van der Waals surface area (Å²) in [5.74, 6) is 3.03. The van der Waals surface area contributed by atoms with Gasteiger partial charge in [-0.15, -0.1) is 0 Å². The number of allylic oxidation sites excluding steroid dienone is 8. The highest BCUT2D eigenvalue weighted by atomic mass is 16.5. The van der Waals surface area contributed by atoms with Gasteiger partial charge in [-0.25, -0.2) is 0 Å². The molecule has 2 aliphatic carbocycles. The van der Waals surface area contributed by atoms with E-state index in [1.807, 2.05) is 0 Å². The van der Waals surface area contributed by atoms with Crippen molar-refractivity contribution in [1.29, 1.82) is 0 Å². The SMILES string of the molecule is CCCCCCC1=C(C(=O)C2=C(CCCCCC)OC3=CC(=O)CC3C2)CC2CC(=O)C=C2O1. The molecule has 0 aromatic carbocycles. The second-order valence-electron chi connectivity index (χ2n) is 10.2. The largest absolute Gasteiger partial charge is 0.465 e. The monoisotopic (exact) mass is 466 g/mol. The van der Waals surface area contributed by atoms with Crippen molar-refractivity contribution < 1.29 is 23.9 Å². The van der Waals surface area contributed by atoms with Crippen LogP contribution in [-0.4, -0.2) is 17.3 Å². The van der Waals surface area contributed by atoms with E-state index in [0.717, 1.165) is 85.5 Å². The van der Waals surface area contributed by atoms with Crippen LogP contribution in [0.5, 0.6) is 0 Å². The standard InChI is InChI=1S/C29H38O5/c1-3-5-7-9-11-25-23(15-19-13-21(30)17-27(19)33-25)29(32)24-16-20-14-22(31)18-28(20)34-26(24)12-10-8-6-4-2/h17-20H,3-16H2,1-2H3. The van der Waals surface area contributed by atoms with Crippen LogP contribution in [0.25, 0.3) is 0 Å². The zero-order chi connectivity index (χ0) is 24.1. The summed E-state index contributed by atoms with van der Waals surface area (Å²) < 4.78 is 12.4. The summed E-state index contributed by atoms with van der Waals surface area (Å²) in [6.07, 6.45) is 15.3. The summed E-state index contributed by atoms with van der Waals surface area (Å²) in [7, 11) is 0. The summed E-state index contributed by atoms with van der Waals surface area (Å²) in [5.41, 5.74) is 1.43. The third-order valence-corrected chi connectivity index (χ3v) is 7.43. The fourth-order valence-corrected chi connectivity index (χ4v) is 5.51. The lowest BCUT2D eigenvalue weighted by Gasteiger charge is -2.30. The van der Waals surface area contributed by atoms with Crippen LogP contribution in [0.4, 0.5) is 0 Å². The first-order valence-electron chi connectivity index (χ1n) is 13.3. The minimum absolute atomic E-state index is 0.00720. The lowest BCUT2D eigenvalue weighted by atomic mass is 9.83. The molecule has 2 aliphatic heterocycles. The van der Waals surface area contributed by atoms with E-state index >= 15 is 0 Å². The summed E-state index contributed by atoms with van der Waals surface area (Å²) >= 11 is 0. The Morgan fingerprint density at radius 3 is 1.56 bits per heavy atom. The molecule has 0 spiro atoms. The maximum absolute atomic E-state index is 14.0. The Morgan fingerprint density at radius 1 is 0.706 bits per heavy atom. The van der Waals surface area contributed by atoms with Gasteiger partial charge in [0.1, 0.15) is 23.0 Å². The van der Waals surface area contributed by atoms with Crippen LogP contribution in [0.15, 0.2) is 46.3 Å². The number of carbonyl (C=O) groups excluding carboxylic acids is 3. The summed E-state index contributed by atoms with van der Waals surface area (Å²) in [6, 6.07) is 0.